The Kier molecular flexibility index (Phi) is 6.75. The molecule has 3 nitrogen and oxygen atoms in total. The minimum Gasteiger partial charge on any atom is -0.467 e. The summed E-state index contributed by atoms with van der Waals surface area (Å²) in [7, 11) is 1.94. The predicted octanol–water partition coefficient (Wildman–Crippen LogP) is 4.01. The van der Waals surface area contributed by atoms with Crippen LogP contribution in [0.25, 0.3) is 0 Å². The minimum absolute atomic E-state index is 0.198. The van der Waals surface area contributed by atoms with Crippen LogP contribution in [-0.4, -0.2) is 20.2 Å². The molecule has 1 unspecified atom stereocenters. The standard InChI is InChI=1S/C23H23O3P/c1-17-8-11-22(20(12-17)15-24)27-23-14-19(9-10-21(23)26-16-25-2)13-18-6-4-3-5-7-18/h3-12,14-15,27H,13,16H2,1-2H3. The van der Waals surface area contributed by atoms with Crippen LogP contribution in [0.3, 0.4) is 0 Å². The molecule has 0 amide bonds. The van der Waals surface area contributed by atoms with Crippen LogP contribution in [-0.2, 0) is 11.2 Å². The zero-order valence-corrected chi connectivity index (χ0v) is 16.6. The van der Waals surface area contributed by atoms with Gasteiger partial charge in [0.15, 0.2) is 13.1 Å². The second-order valence-electron chi connectivity index (χ2n) is 6.38. The molecule has 0 saturated carbocycles. The molecule has 4 heteroatoms. The zero-order chi connectivity index (χ0) is 19.1. The molecule has 0 N–H and O–H groups in total. The number of hydrogen-bond acceptors (Lipinski definition) is 3. The normalized spacial score (nSPS) is 11.0. The third-order valence-corrected chi connectivity index (χ3v) is 5.62. The van der Waals surface area contributed by atoms with Crippen molar-refractivity contribution in [3.05, 3.63) is 89.0 Å². The highest BCUT2D eigenvalue weighted by Gasteiger charge is 2.10. The molecule has 1 atom stereocenters. The van der Waals surface area contributed by atoms with Crippen molar-refractivity contribution in [3.8, 4) is 5.75 Å². The third kappa shape index (κ3) is 5.26. The van der Waals surface area contributed by atoms with Gasteiger partial charge in [-0.15, -0.1) is 0 Å². The second-order valence-corrected chi connectivity index (χ2v) is 7.70. The van der Waals surface area contributed by atoms with Gasteiger partial charge in [0.1, 0.15) is 5.75 Å². The summed E-state index contributed by atoms with van der Waals surface area (Å²) in [5.74, 6) is 0.796. The lowest BCUT2D eigenvalue weighted by atomic mass is 10.1. The number of methoxy groups -OCH3 is 1. The largest absolute Gasteiger partial charge is 0.467 e. The van der Waals surface area contributed by atoms with E-state index < -0.39 is 0 Å². The van der Waals surface area contributed by atoms with E-state index in [1.54, 1.807) is 7.11 Å². The van der Waals surface area contributed by atoms with Gasteiger partial charge in [-0.1, -0.05) is 62.7 Å². The van der Waals surface area contributed by atoms with Gasteiger partial charge in [0.2, 0.25) is 0 Å². The van der Waals surface area contributed by atoms with Gasteiger partial charge in [0, 0.05) is 18.0 Å². The maximum atomic E-state index is 11.5. The topological polar surface area (TPSA) is 35.5 Å². The molecule has 138 valence electrons. The van der Waals surface area contributed by atoms with Gasteiger partial charge in [0.05, 0.1) is 0 Å². The van der Waals surface area contributed by atoms with Crippen molar-refractivity contribution in [1.82, 2.24) is 0 Å². The Morgan fingerprint density at radius 1 is 0.926 bits per heavy atom. The van der Waals surface area contributed by atoms with E-state index in [4.69, 9.17) is 9.47 Å². The summed E-state index contributed by atoms with van der Waals surface area (Å²) < 4.78 is 10.8. The van der Waals surface area contributed by atoms with Gasteiger partial charge in [-0.3, -0.25) is 4.79 Å². The highest BCUT2D eigenvalue weighted by Crippen LogP contribution is 2.23. The Balaban J connectivity index is 1.92. The van der Waals surface area contributed by atoms with Gasteiger partial charge < -0.3 is 9.47 Å². The van der Waals surface area contributed by atoms with Crippen molar-refractivity contribution >= 4 is 25.5 Å². The lowest BCUT2D eigenvalue weighted by Crippen LogP contribution is -2.13. The number of aldehydes is 1. The molecule has 0 saturated heterocycles. The van der Waals surface area contributed by atoms with E-state index in [1.165, 1.54) is 11.1 Å². The molecular formula is C23H23O3P. The fraction of sp³-hybridized carbons (Fsp3) is 0.174. The Morgan fingerprint density at radius 2 is 1.74 bits per heavy atom. The van der Waals surface area contributed by atoms with Crippen molar-refractivity contribution in [1.29, 1.82) is 0 Å². The molecular weight excluding hydrogens is 355 g/mol. The van der Waals surface area contributed by atoms with E-state index in [0.29, 0.717) is 8.58 Å². The summed E-state index contributed by atoms with van der Waals surface area (Å²) in [6.07, 6.45) is 1.79. The lowest BCUT2D eigenvalue weighted by Gasteiger charge is -2.14. The van der Waals surface area contributed by atoms with Gasteiger partial charge in [-0.05, 0) is 48.0 Å². The fourth-order valence-electron chi connectivity index (χ4n) is 2.90. The van der Waals surface area contributed by atoms with Gasteiger partial charge >= 0.3 is 0 Å². The predicted molar refractivity (Wildman–Crippen MR) is 112 cm³/mol. The zero-order valence-electron chi connectivity index (χ0n) is 15.6. The second kappa shape index (κ2) is 9.45. The smallest absolute Gasteiger partial charge is 0.188 e. The van der Waals surface area contributed by atoms with Crippen LogP contribution in [0.15, 0.2) is 66.7 Å². The van der Waals surface area contributed by atoms with Crippen molar-refractivity contribution in [2.45, 2.75) is 13.3 Å². The van der Waals surface area contributed by atoms with Crippen LogP contribution in [0.4, 0.5) is 0 Å². The number of carbonyl (C=O) groups excluding carboxylic acids is 1. The molecule has 3 aromatic rings. The molecule has 0 radical (unpaired) electrons. The highest BCUT2D eigenvalue weighted by atomic mass is 31.1. The van der Waals surface area contributed by atoms with E-state index in [0.717, 1.165) is 40.2 Å². The Bertz CT molecular complexity index is 907. The van der Waals surface area contributed by atoms with Crippen LogP contribution in [0.2, 0.25) is 0 Å². The Hall–Kier alpha value is -2.48. The van der Waals surface area contributed by atoms with Gasteiger partial charge in [0.25, 0.3) is 0 Å². The average Bonchev–Trinajstić information content (AvgIpc) is 2.69. The lowest BCUT2D eigenvalue weighted by molar-refractivity contribution is 0.0519. The van der Waals surface area contributed by atoms with Crippen LogP contribution >= 0.6 is 8.58 Å². The Morgan fingerprint density at radius 3 is 2.48 bits per heavy atom. The number of hydrogen-bond donors (Lipinski definition) is 0. The molecule has 0 spiro atoms. The van der Waals surface area contributed by atoms with Crippen LogP contribution in [0.5, 0.6) is 5.75 Å². The quantitative estimate of drug-likeness (QED) is 0.338. The molecule has 0 bridgehead atoms. The summed E-state index contributed by atoms with van der Waals surface area (Å²) in [4.78, 5) is 11.5. The van der Waals surface area contributed by atoms with E-state index in [-0.39, 0.29) is 6.79 Å². The molecule has 3 aromatic carbocycles. The van der Waals surface area contributed by atoms with Crippen molar-refractivity contribution in [3.63, 3.8) is 0 Å². The van der Waals surface area contributed by atoms with Crippen LogP contribution in [0.1, 0.15) is 27.0 Å². The van der Waals surface area contributed by atoms with Crippen LogP contribution in [0, 0.1) is 6.92 Å². The summed E-state index contributed by atoms with van der Waals surface area (Å²) in [5.41, 5.74) is 4.30. The molecule has 0 aromatic heterocycles. The van der Waals surface area contributed by atoms with E-state index in [2.05, 4.69) is 36.4 Å². The highest BCUT2D eigenvalue weighted by molar-refractivity contribution is 7.56. The van der Waals surface area contributed by atoms with Crippen molar-refractivity contribution in [2.75, 3.05) is 13.9 Å². The average molecular weight is 378 g/mol. The first-order valence-corrected chi connectivity index (χ1v) is 9.81. The maximum Gasteiger partial charge on any atom is 0.188 e. The number of rotatable bonds is 8. The molecule has 0 aliphatic carbocycles. The Labute approximate surface area is 162 Å². The molecule has 0 aliphatic rings. The van der Waals surface area contributed by atoms with E-state index in [9.17, 15) is 4.79 Å². The third-order valence-electron chi connectivity index (χ3n) is 4.23. The fourth-order valence-corrected chi connectivity index (χ4v) is 4.17. The first kappa shape index (κ1) is 19.3. The summed E-state index contributed by atoms with van der Waals surface area (Å²) in [6, 6.07) is 22.6. The number of ether oxygens (including phenoxy) is 2. The summed E-state index contributed by atoms with van der Waals surface area (Å²) in [6.45, 7) is 2.19. The summed E-state index contributed by atoms with van der Waals surface area (Å²) in [5, 5.41) is 2.10. The molecule has 0 aliphatic heterocycles. The van der Waals surface area contributed by atoms with E-state index in [1.807, 2.05) is 37.3 Å². The molecule has 3 rings (SSSR count). The minimum atomic E-state index is 0.198. The molecule has 0 heterocycles. The van der Waals surface area contributed by atoms with Crippen molar-refractivity contribution in [2.24, 2.45) is 0 Å². The maximum absolute atomic E-state index is 11.5. The number of benzene rings is 3. The first-order valence-electron chi connectivity index (χ1n) is 8.81. The van der Waals surface area contributed by atoms with Crippen LogP contribution < -0.4 is 15.3 Å². The summed E-state index contributed by atoms with van der Waals surface area (Å²) >= 11 is 0. The molecule has 27 heavy (non-hydrogen) atoms. The molecule has 0 fully saturated rings. The first-order chi connectivity index (χ1) is 13.2. The number of carbonyl (C=O) groups is 1. The van der Waals surface area contributed by atoms with Crippen molar-refractivity contribution < 1.29 is 14.3 Å². The van der Waals surface area contributed by atoms with Gasteiger partial charge in [-0.25, -0.2) is 0 Å². The number of aryl methyl sites for hydroxylation is 1. The van der Waals surface area contributed by atoms with Gasteiger partial charge in [-0.2, -0.15) is 0 Å². The SMILES string of the molecule is COCOc1ccc(Cc2ccccc2)cc1Pc1ccc(C)cc1C=O. The monoisotopic (exact) mass is 378 g/mol. The van der Waals surface area contributed by atoms with E-state index >= 15 is 0 Å².